The zero-order chi connectivity index (χ0) is 23.9. The third kappa shape index (κ3) is 4.55. The Morgan fingerprint density at radius 3 is 2.39 bits per heavy atom. The van der Waals surface area contributed by atoms with Crippen LogP contribution in [0.15, 0.2) is 30.3 Å². The summed E-state index contributed by atoms with van der Waals surface area (Å²) in [6.45, 7) is 10.9. The molecule has 0 bridgehead atoms. The fourth-order valence-corrected chi connectivity index (χ4v) is 8.82. The second-order valence-corrected chi connectivity index (χ2v) is 12.8. The van der Waals surface area contributed by atoms with Gasteiger partial charge in [-0.3, -0.25) is 0 Å². The van der Waals surface area contributed by atoms with Gasteiger partial charge in [0.25, 0.3) is 0 Å². The van der Waals surface area contributed by atoms with Crippen LogP contribution in [0.5, 0.6) is 0 Å². The van der Waals surface area contributed by atoms with Crippen molar-refractivity contribution >= 4 is 18.5 Å². The van der Waals surface area contributed by atoms with E-state index in [4.69, 9.17) is 0 Å². The van der Waals surface area contributed by atoms with E-state index in [0.717, 1.165) is 35.9 Å². The summed E-state index contributed by atoms with van der Waals surface area (Å²) in [6.07, 6.45) is 13.8. The molecule has 4 rings (SSSR count). The lowest BCUT2D eigenvalue weighted by atomic mass is 9.44. The zero-order valence-corrected chi connectivity index (χ0v) is 22.7. The SMILES string of the molecule is CCCC1C2CCC3(C)C(CN(C)[N+](O)(S)c4ccccc4)CCCC3C2CC[C@]1(C)CC. The van der Waals surface area contributed by atoms with Crippen LogP contribution in [-0.2, 0) is 0 Å². The van der Waals surface area contributed by atoms with Gasteiger partial charge in [0.1, 0.15) is 12.8 Å². The molecule has 0 heterocycles. The largest absolute Gasteiger partial charge is 0.198 e. The van der Waals surface area contributed by atoms with Crippen molar-refractivity contribution in [2.24, 2.45) is 40.4 Å². The van der Waals surface area contributed by atoms with Gasteiger partial charge in [-0.2, -0.15) is 5.21 Å². The molecule has 1 N–H and O–H groups in total. The molecule has 3 saturated carbocycles. The molecular formula is C29H49N2OS+. The number of hydrogen-bond donors (Lipinski definition) is 2. The minimum absolute atomic E-state index is 0.384. The number of benzene rings is 1. The molecule has 7 unspecified atom stereocenters. The van der Waals surface area contributed by atoms with Gasteiger partial charge in [0.15, 0.2) is 5.69 Å². The first kappa shape index (κ1) is 25.5. The van der Waals surface area contributed by atoms with E-state index in [1.165, 1.54) is 64.2 Å². The van der Waals surface area contributed by atoms with Gasteiger partial charge < -0.3 is 0 Å². The fraction of sp³-hybridized carbons (Fsp3) is 0.793. The van der Waals surface area contributed by atoms with Crippen LogP contribution in [0, 0.1) is 40.4 Å². The molecule has 186 valence electrons. The molecule has 0 spiro atoms. The summed E-state index contributed by atoms with van der Waals surface area (Å²) in [4.78, 5) is 0. The van der Waals surface area contributed by atoms with Crippen molar-refractivity contribution in [1.29, 1.82) is 0 Å². The smallest absolute Gasteiger partial charge is 0.178 e. The molecule has 1 aromatic carbocycles. The Labute approximate surface area is 209 Å². The molecule has 3 fully saturated rings. The standard InChI is InChI=1S/C29H49N2OS/c1-6-12-26-24-18-20-29(4)22(21-30(5)31(32,33)23-14-9-8-10-15-23)13-11-16-27(29)25(24)17-19-28(26,3)7-2/h8-10,14-15,22,24-27,32-33H,6-7,11-13,16-21H2,1-5H3/q+1/t22?,24?,25?,26?,27?,28-,29?,31?/m0/s1. The van der Waals surface area contributed by atoms with Crippen LogP contribution in [0.3, 0.4) is 0 Å². The highest BCUT2D eigenvalue weighted by atomic mass is 32.1. The summed E-state index contributed by atoms with van der Waals surface area (Å²) in [5, 5.41) is 13.3. The van der Waals surface area contributed by atoms with Crippen molar-refractivity contribution in [1.82, 2.24) is 9.17 Å². The van der Waals surface area contributed by atoms with Gasteiger partial charge in [-0.15, -0.1) is 5.01 Å². The van der Waals surface area contributed by atoms with Gasteiger partial charge >= 0.3 is 0 Å². The predicted octanol–water partition coefficient (Wildman–Crippen LogP) is 8.15. The summed E-state index contributed by atoms with van der Waals surface area (Å²) in [5.74, 6) is 4.22. The first-order valence-corrected chi connectivity index (χ1v) is 14.2. The number of hydrogen-bond acceptors (Lipinski definition) is 3. The molecule has 4 heteroatoms. The van der Waals surface area contributed by atoms with Crippen molar-refractivity contribution in [3.63, 3.8) is 0 Å². The quantitative estimate of drug-likeness (QED) is 0.237. The Kier molecular flexibility index (Phi) is 7.61. The average molecular weight is 474 g/mol. The molecule has 0 saturated heterocycles. The number of quaternary nitrogens is 1. The maximum absolute atomic E-state index is 11.3. The van der Waals surface area contributed by atoms with Crippen LogP contribution in [0.2, 0.25) is 0 Å². The fourth-order valence-electron chi connectivity index (χ4n) is 8.61. The topological polar surface area (TPSA) is 23.5 Å². The minimum Gasteiger partial charge on any atom is -0.178 e. The van der Waals surface area contributed by atoms with Gasteiger partial charge in [-0.25, -0.2) is 0 Å². The molecular weight excluding hydrogens is 424 g/mol. The highest BCUT2D eigenvalue weighted by Crippen LogP contribution is 2.64. The summed E-state index contributed by atoms with van der Waals surface area (Å²) >= 11 is 4.67. The Morgan fingerprint density at radius 2 is 1.73 bits per heavy atom. The van der Waals surface area contributed by atoms with Crippen molar-refractivity contribution in [3.8, 4) is 0 Å². The normalized spacial score (nSPS) is 40.7. The summed E-state index contributed by atoms with van der Waals surface area (Å²) in [7, 11) is 2.03. The molecule has 1 aromatic rings. The van der Waals surface area contributed by atoms with E-state index >= 15 is 0 Å². The van der Waals surface area contributed by atoms with Crippen LogP contribution in [0.1, 0.15) is 91.9 Å². The first-order chi connectivity index (χ1) is 15.7. The van der Waals surface area contributed by atoms with E-state index in [1.54, 1.807) is 0 Å². The highest BCUT2D eigenvalue weighted by Gasteiger charge is 2.57. The lowest BCUT2D eigenvalue weighted by Gasteiger charge is -2.62. The maximum atomic E-state index is 11.3. The molecule has 0 aliphatic heterocycles. The number of nitrogens with zero attached hydrogens (tertiary/aromatic N) is 2. The highest BCUT2D eigenvalue weighted by molar-refractivity contribution is 7.79. The van der Waals surface area contributed by atoms with Crippen LogP contribution >= 0.6 is 12.8 Å². The van der Waals surface area contributed by atoms with Gasteiger partial charge in [-0.1, -0.05) is 65.2 Å². The van der Waals surface area contributed by atoms with E-state index in [0.29, 0.717) is 16.7 Å². The van der Waals surface area contributed by atoms with Gasteiger partial charge in [0.2, 0.25) is 0 Å². The molecule has 0 amide bonds. The summed E-state index contributed by atoms with van der Waals surface area (Å²) < 4.78 is -0.461. The van der Waals surface area contributed by atoms with Crippen LogP contribution in [0.25, 0.3) is 0 Å². The van der Waals surface area contributed by atoms with E-state index in [2.05, 4.69) is 40.5 Å². The average Bonchev–Trinajstić information content (AvgIpc) is 2.81. The lowest BCUT2D eigenvalue weighted by Crippen LogP contribution is -2.58. The van der Waals surface area contributed by atoms with E-state index in [1.807, 2.05) is 42.4 Å². The third-order valence-electron chi connectivity index (χ3n) is 10.9. The molecule has 3 aliphatic rings. The van der Waals surface area contributed by atoms with E-state index < -0.39 is 4.16 Å². The predicted molar refractivity (Wildman–Crippen MR) is 143 cm³/mol. The van der Waals surface area contributed by atoms with Crippen molar-refractivity contribution in [2.45, 2.75) is 91.9 Å². The van der Waals surface area contributed by atoms with Crippen molar-refractivity contribution in [3.05, 3.63) is 30.3 Å². The molecule has 33 heavy (non-hydrogen) atoms. The molecule has 3 nitrogen and oxygen atoms in total. The summed E-state index contributed by atoms with van der Waals surface area (Å²) in [6, 6.07) is 9.85. The van der Waals surface area contributed by atoms with Crippen molar-refractivity contribution < 1.29 is 5.21 Å². The second kappa shape index (κ2) is 9.84. The van der Waals surface area contributed by atoms with Gasteiger partial charge in [0, 0.05) is 19.2 Å². The number of rotatable bonds is 7. The summed E-state index contributed by atoms with van der Waals surface area (Å²) in [5.41, 5.74) is 1.74. The Hall–Kier alpha value is -0.550. The third-order valence-corrected chi connectivity index (χ3v) is 11.4. The first-order valence-electron chi connectivity index (χ1n) is 13.8. The lowest BCUT2D eigenvalue weighted by molar-refractivity contribution is -0.164. The number of thiol groups is 1. The van der Waals surface area contributed by atoms with Gasteiger partial charge in [0.05, 0.1) is 6.54 Å². The molecule has 3 aliphatic carbocycles. The minimum atomic E-state index is -0.461. The molecule has 8 atom stereocenters. The van der Waals surface area contributed by atoms with E-state index in [9.17, 15) is 5.21 Å². The Bertz CT molecular complexity index is 785. The number of para-hydroxylation sites is 1. The van der Waals surface area contributed by atoms with Crippen LogP contribution < -0.4 is 4.16 Å². The second-order valence-electron chi connectivity index (χ2n) is 12.3. The molecule has 0 radical (unpaired) electrons. The van der Waals surface area contributed by atoms with Gasteiger partial charge in [-0.05, 0) is 89.5 Å². The Balaban J connectivity index is 1.53. The Morgan fingerprint density at radius 1 is 1.03 bits per heavy atom. The zero-order valence-electron chi connectivity index (χ0n) is 21.8. The van der Waals surface area contributed by atoms with Crippen molar-refractivity contribution in [2.75, 3.05) is 13.6 Å². The monoisotopic (exact) mass is 473 g/mol. The maximum Gasteiger partial charge on any atom is 0.198 e. The molecule has 0 aromatic heterocycles. The number of fused-ring (bicyclic) bond motifs is 3. The van der Waals surface area contributed by atoms with Crippen LogP contribution in [0.4, 0.5) is 5.69 Å². The van der Waals surface area contributed by atoms with Crippen LogP contribution in [-0.4, -0.2) is 23.8 Å². The van der Waals surface area contributed by atoms with E-state index in [-0.39, 0.29) is 0 Å².